The minimum Gasteiger partial charge on any atom is -0.377 e. The number of aromatic nitrogens is 4. The Kier molecular flexibility index (Phi) is 12.5. The van der Waals surface area contributed by atoms with Crippen molar-refractivity contribution in [2.75, 3.05) is 57.4 Å². The number of morpholine rings is 1. The van der Waals surface area contributed by atoms with Crippen molar-refractivity contribution in [3.63, 3.8) is 0 Å². The maximum Gasteiger partial charge on any atom is 0.250 e. The molecule has 4 saturated heterocycles. The molecule has 0 unspecified atom stereocenters. The summed E-state index contributed by atoms with van der Waals surface area (Å²) in [5.41, 5.74) is 3.38. The number of aromatic amines is 2. The molecule has 1 saturated carbocycles. The maximum atomic E-state index is 16.0. The summed E-state index contributed by atoms with van der Waals surface area (Å²) < 4.78 is 38.0. The first-order valence-corrected chi connectivity index (χ1v) is 23.5. The zero-order chi connectivity index (χ0) is 44.4. The highest BCUT2D eigenvalue weighted by molar-refractivity contribution is 5.90. The highest BCUT2D eigenvalue weighted by atomic mass is 19.1. The van der Waals surface area contributed by atoms with Gasteiger partial charge in [-0.05, 0) is 87.7 Å². The molecule has 5 fully saturated rings. The minimum atomic E-state index is -0.820. The molecule has 0 bridgehead atoms. The fourth-order valence-electron chi connectivity index (χ4n) is 10.4. The molecule has 3 N–H and O–H groups in total. The Morgan fingerprint density at radius 2 is 1.35 bits per heavy atom. The number of hydrogen-bond donors (Lipinski definition) is 3. The molecule has 0 spiro atoms. The first-order chi connectivity index (χ1) is 31.8. The van der Waals surface area contributed by atoms with Gasteiger partial charge in [-0.3, -0.25) is 19.3 Å². The van der Waals surface area contributed by atoms with E-state index in [1.165, 1.54) is 18.6 Å². The van der Waals surface area contributed by atoms with Crippen LogP contribution in [0.5, 0.6) is 0 Å². The maximum absolute atomic E-state index is 16.0. The molecule has 5 aliphatic rings. The number of H-pyrrole nitrogens is 2. The highest BCUT2D eigenvalue weighted by Gasteiger charge is 2.41. The second-order valence-electron chi connectivity index (χ2n) is 18.3. The Morgan fingerprint density at radius 1 is 0.692 bits per heavy atom. The molecule has 3 amide bonds. The number of carbonyl (C=O) groups is 3. The summed E-state index contributed by atoms with van der Waals surface area (Å²) in [6, 6.07) is 20.1. The van der Waals surface area contributed by atoms with Gasteiger partial charge in [-0.25, -0.2) is 18.7 Å². The van der Waals surface area contributed by atoms with Crippen LogP contribution in [0, 0.1) is 17.6 Å². The number of ether oxygens (including phenoxy) is 1. The number of piperidine rings is 2. The highest BCUT2D eigenvalue weighted by Crippen LogP contribution is 2.39. The largest absolute Gasteiger partial charge is 0.377 e. The van der Waals surface area contributed by atoms with Gasteiger partial charge in [0.25, 0.3) is 0 Å². The van der Waals surface area contributed by atoms with E-state index in [4.69, 9.17) is 9.72 Å². The van der Waals surface area contributed by atoms with Crippen molar-refractivity contribution in [2.24, 2.45) is 5.92 Å². The van der Waals surface area contributed by atoms with Crippen molar-refractivity contribution in [3.8, 4) is 11.3 Å². The van der Waals surface area contributed by atoms with E-state index >= 15 is 8.78 Å². The average Bonchev–Trinajstić information content (AvgIpc) is 3.65. The van der Waals surface area contributed by atoms with E-state index in [9.17, 15) is 14.4 Å². The lowest BCUT2D eigenvalue weighted by Crippen LogP contribution is -2.50. The number of amides is 3. The van der Waals surface area contributed by atoms with E-state index in [0.717, 1.165) is 62.0 Å². The van der Waals surface area contributed by atoms with Gasteiger partial charge in [0, 0.05) is 55.5 Å². The predicted molar refractivity (Wildman–Crippen MR) is 240 cm³/mol. The number of halogens is 2. The van der Waals surface area contributed by atoms with Crippen molar-refractivity contribution in [1.29, 1.82) is 0 Å². The van der Waals surface area contributed by atoms with Crippen molar-refractivity contribution in [2.45, 2.75) is 87.9 Å². The van der Waals surface area contributed by atoms with E-state index in [-0.39, 0.29) is 53.4 Å². The molecule has 15 heteroatoms. The van der Waals surface area contributed by atoms with Gasteiger partial charge in [0.2, 0.25) is 17.7 Å². The molecule has 340 valence electrons. The molecule has 4 atom stereocenters. The number of anilines is 1. The molecule has 2 aromatic heterocycles. The summed E-state index contributed by atoms with van der Waals surface area (Å²) in [5.74, 6) is -0.301. The Morgan fingerprint density at radius 3 is 2.06 bits per heavy atom. The van der Waals surface area contributed by atoms with Crippen LogP contribution < -0.4 is 10.2 Å². The third-order valence-corrected chi connectivity index (χ3v) is 14.1. The van der Waals surface area contributed by atoms with Crippen molar-refractivity contribution < 1.29 is 27.9 Å². The lowest BCUT2D eigenvalue weighted by atomic mass is 9.93. The molecular formula is C50H57F2N9O4. The molecule has 1 aliphatic carbocycles. The van der Waals surface area contributed by atoms with Crippen molar-refractivity contribution in [3.05, 3.63) is 125 Å². The second-order valence-corrected chi connectivity index (χ2v) is 18.3. The number of nitrogens with zero attached hydrogens (tertiary/aromatic N) is 6. The van der Waals surface area contributed by atoms with E-state index in [1.54, 1.807) is 16.0 Å². The average molecular weight is 886 g/mol. The van der Waals surface area contributed by atoms with Crippen LogP contribution in [-0.2, 0) is 19.1 Å². The topological polar surface area (TPSA) is 143 Å². The van der Waals surface area contributed by atoms with E-state index in [0.29, 0.717) is 81.6 Å². The lowest BCUT2D eigenvalue weighted by molar-refractivity contribution is -0.147. The summed E-state index contributed by atoms with van der Waals surface area (Å²) >= 11 is 0. The number of benzene rings is 3. The SMILES string of the molecule is O=C(N[C@@H](C(=O)N1CCC[C@H]1c1ncc(-c2cc(F)c(N3CCC(c4cnc([C@@H]5COCCN5C(=O)[C@@H](c5ccccc5)N5CCCCC5)[nH]4)CC3)c(F)c2)[nH]1)c1ccccc1)C1CC1. The molecule has 6 heterocycles. The van der Waals surface area contributed by atoms with Gasteiger partial charge in [-0.1, -0.05) is 67.1 Å². The molecule has 0 radical (unpaired) electrons. The smallest absolute Gasteiger partial charge is 0.250 e. The van der Waals surface area contributed by atoms with Gasteiger partial charge in [0.1, 0.15) is 47.1 Å². The van der Waals surface area contributed by atoms with E-state index < -0.39 is 17.7 Å². The lowest BCUT2D eigenvalue weighted by Gasteiger charge is -2.41. The Bertz CT molecular complexity index is 2440. The Balaban J connectivity index is 0.793. The zero-order valence-electron chi connectivity index (χ0n) is 36.6. The van der Waals surface area contributed by atoms with Crippen LogP contribution in [0.4, 0.5) is 14.5 Å². The molecule has 5 aromatic rings. The Hall–Kier alpha value is -5.93. The summed E-state index contributed by atoms with van der Waals surface area (Å²) in [6.07, 6.45) is 11.1. The predicted octanol–water partition coefficient (Wildman–Crippen LogP) is 7.52. The zero-order valence-corrected chi connectivity index (χ0v) is 36.6. The van der Waals surface area contributed by atoms with Crippen LogP contribution in [-0.4, -0.2) is 105 Å². The van der Waals surface area contributed by atoms with Crippen molar-refractivity contribution in [1.82, 2.24) is 40.0 Å². The molecular weight excluding hydrogens is 829 g/mol. The van der Waals surface area contributed by atoms with Gasteiger partial charge in [-0.15, -0.1) is 0 Å². The minimum absolute atomic E-state index is 0.0522. The molecule has 10 rings (SSSR count). The molecule has 13 nitrogen and oxygen atoms in total. The summed E-state index contributed by atoms with van der Waals surface area (Å²) in [6.45, 7) is 4.46. The number of carbonyl (C=O) groups excluding carboxylic acids is 3. The quantitative estimate of drug-likeness (QED) is 0.117. The van der Waals surface area contributed by atoms with Crippen LogP contribution in [0.25, 0.3) is 11.3 Å². The van der Waals surface area contributed by atoms with Crippen LogP contribution in [0.2, 0.25) is 0 Å². The van der Waals surface area contributed by atoms with Crippen LogP contribution >= 0.6 is 0 Å². The number of hydrogen-bond acceptors (Lipinski definition) is 8. The number of likely N-dealkylation sites (tertiary alicyclic amines) is 2. The molecule has 4 aliphatic heterocycles. The monoisotopic (exact) mass is 885 g/mol. The van der Waals surface area contributed by atoms with E-state index in [1.807, 2.05) is 71.8 Å². The number of imidazole rings is 2. The second kappa shape index (κ2) is 18.9. The molecule has 65 heavy (non-hydrogen) atoms. The van der Waals surface area contributed by atoms with E-state index in [2.05, 4.69) is 25.2 Å². The fraction of sp³-hybridized carbons (Fsp3) is 0.460. The summed E-state index contributed by atoms with van der Waals surface area (Å²) in [4.78, 5) is 65.5. The third kappa shape index (κ3) is 9.04. The standard InChI is InChI=1S/C50H57F2N9O4/c51-37-27-36(40-30-53-46(56-40)41-15-10-22-60(41)49(63)43(33-11-4-1-5-12-33)57-48(62)35-16-17-35)28-38(52)45(37)59-23-18-32(19-24-59)39-29-54-47(55-39)42-31-65-26-25-61(42)50(64)44(34-13-6-2-7-14-34)58-20-8-3-9-21-58/h1-2,4-7,11-14,27-30,32,35,41-44H,3,8-10,15-26,31H2,(H,53,56)(H,54,55)(H,57,62)/t41-,42-,43+,44+/m0/s1. The van der Waals surface area contributed by atoms with Crippen LogP contribution in [0.3, 0.4) is 0 Å². The number of nitrogens with one attached hydrogen (secondary N) is 3. The first-order valence-electron chi connectivity index (χ1n) is 23.5. The van der Waals surface area contributed by atoms with Gasteiger partial charge in [0.15, 0.2) is 0 Å². The van der Waals surface area contributed by atoms with Gasteiger partial charge < -0.3 is 34.7 Å². The normalized spacial score (nSPS) is 21.9. The number of rotatable bonds is 12. The van der Waals surface area contributed by atoms with Gasteiger partial charge in [-0.2, -0.15) is 0 Å². The summed E-state index contributed by atoms with van der Waals surface area (Å²) in [7, 11) is 0. The fourth-order valence-corrected chi connectivity index (χ4v) is 10.4. The summed E-state index contributed by atoms with van der Waals surface area (Å²) in [5, 5.41) is 2.99. The van der Waals surface area contributed by atoms with Crippen LogP contribution in [0.15, 0.2) is 85.2 Å². The van der Waals surface area contributed by atoms with Crippen LogP contribution in [0.1, 0.15) is 116 Å². The van der Waals surface area contributed by atoms with Gasteiger partial charge in [0.05, 0.1) is 31.1 Å². The Labute approximate surface area is 377 Å². The van der Waals surface area contributed by atoms with Gasteiger partial charge >= 0.3 is 0 Å². The third-order valence-electron chi connectivity index (χ3n) is 14.1. The first kappa shape index (κ1) is 43.0. The van der Waals surface area contributed by atoms with Crippen molar-refractivity contribution >= 4 is 23.4 Å². The molecule has 3 aromatic carbocycles.